The van der Waals surface area contributed by atoms with Gasteiger partial charge >= 0.3 is 0 Å². The van der Waals surface area contributed by atoms with Crippen molar-refractivity contribution in [3.8, 4) is 11.5 Å². The van der Waals surface area contributed by atoms with Crippen LogP contribution in [0.15, 0.2) is 46.9 Å². The van der Waals surface area contributed by atoms with Gasteiger partial charge in [-0.1, -0.05) is 28.1 Å². The summed E-state index contributed by atoms with van der Waals surface area (Å²) in [5.41, 5.74) is 0.717. The van der Waals surface area contributed by atoms with E-state index in [9.17, 15) is 5.11 Å². The van der Waals surface area contributed by atoms with Gasteiger partial charge in [-0.2, -0.15) is 4.90 Å². The van der Waals surface area contributed by atoms with Gasteiger partial charge in [0.15, 0.2) is 18.0 Å². The smallest absolute Gasteiger partial charge is 0.275 e. The van der Waals surface area contributed by atoms with Gasteiger partial charge in [-0.3, -0.25) is 4.58 Å². The maximum atomic E-state index is 11.9. The number of aliphatic hydroxyl groups is 1. The monoisotopic (exact) mass is 508 g/mol. The standard InChI is InChI=1S/C21H22BrN2O3.BrH/c22-16-7-5-15(6-8-16)21(25)13-23-11-3-1-2-4-20(23)24(21)17-9-10-18-19(12-17)27-14-26-18;/h5-10,12,25H,1-4,11,13-14H2;1H/q+1;/p-1. The fourth-order valence-electron chi connectivity index (χ4n) is 4.35. The van der Waals surface area contributed by atoms with Crippen LogP contribution >= 0.6 is 15.9 Å². The molecular weight excluding hydrogens is 488 g/mol. The zero-order valence-electron chi connectivity index (χ0n) is 15.4. The van der Waals surface area contributed by atoms with Crippen molar-refractivity contribution in [2.75, 3.05) is 24.8 Å². The van der Waals surface area contributed by atoms with Crippen LogP contribution in [0.3, 0.4) is 0 Å². The lowest BCUT2D eigenvalue weighted by Crippen LogP contribution is -3.00. The molecule has 0 radical (unpaired) electrons. The number of halogens is 2. The van der Waals surface area contributed by atoms with Gasteiger partial charge < -0.3 is 31.6 Å². The van der Waals surface area contributed by atoms with Gasteiger partial charge in [0.1, 0.15) is 5.69 Å². The third-order valence-corrected chi connectivity index (χ3v) is 6.18. The summed E-state index contributed by atoms with van der Waals surface area (Å²) >= 11 is 3.50. The predicted molar refractivity (Wildman–Crippen MR) is 107 cm³/mol. The quantitative estimate of drug-likeness (QED) is 0.609. The summed E-state index contributed by atoms with van der Waals surface area (Å²) < 4.78 is 14.4. The van der Waals surface area contributed by atoms with E-state index in [1.165, 1.54) is 12.3 Å². The third-order valence-electron chi connectivity index (χ3n) is 5.65. The number of hydrogen-bond donors (Lipinski definition) is 1. The summed E-state index contributed by atoms with van der Waals surface area (Å²) in [4.78, 5) is 2.10. The van der Waals surface area contributed by atoms with Crippen LogP contribution in [-0.2, 0) is 5.72 Å². The van der Waals surface area contributed by atoms with E-state index in [1.807, 2.05) is 42.5 Å². The molecule has 0 aliphatic carbocycles. The Morgan fingerprint density at radius 3 is 2.61 bits per heavy atom. The molecule has 2 aromatic carbocycles. The van der Waals surface area contributed by atoms with Gasteiger partial charge in [0.2, 0.25) is 6.79 Å². The molecule has 28 heavy (non-hydrogen) atoms. The van der Waals surface area contributed by atoms with Crippen LogP contribution in [0.25, 0.3) is 0 Å². The van der Waals surface area contributed by atoms with E-state index in [-0.39, 0.29) is 23.8 Å². The highest BCUT2D eigenvalue weighted by molar-refractivity contribution is 9.10. The zero-order valence-corrected chi connectivity index (χ0v) is 18.6. The number of ether oxygens (including phenoxy) is 2. The first-order valence-electron chi connectivity index (χ1n) is 9.44. The molecule has 0 aromatic heterocycles. The molecule has 5 nitrogen and oxygen atoms in total. The second-order valence-corrected chi connectivity index (χ2v) is 8.26. The van der Waals surface area contributed by atoms with Crippen LogP contribution in [0.1, 0.15) is 31.2 Å². The number of amidine groups is 1. The first kappa shape index (κ1) is 19.7. The highest BCUT2D eigenvalue weighted by atomic mass is 79.9. The Hall–Kier alpha value is -1.57. The van der Waals surface area contributed by atoms with Crippen molar-refractivity contribution < 1.29 is 36.1 Å². The molecular formula is C21H22Br2N2O3. The van der Waals surface area contributed by atoms with Crippen molar-refractivity contribution in [2.24, 2.45) is 0 Å². The van der Waals surface area contributed by atoms with Crippen molar-refractivity contribution >= 4 is 27.5 Å². The Labute approximate surface area is 183 Å². The van der Waals surface area contributed by atoms with Crippen LogP contribution in [0.2, 0.25) is 0 Å². The van der Waals surface area contributed by atoms with E-state index in [0.29, 0.717) is 6.54 Å². The van der Waals surface area contributed by atoms with Gasteiger partial charge in [-0.25, -0.2) is 0 Å². The van der Waals surface area contributed by atoms with Gasteiger partial charge in [-0.15, -0.1) is 0 Å². The molecule has 5 rings (SSSR count). The normalized spacial score (nSPS) is 23.3. The summed E-state index contributed by atoms with van der Waals surface area (Å²) in [5, 5.41) is 11.9. The second kappa shape index (κ2) is 7.69. The molecule has 2 aromatic rings. The number of anilines is 1. The Kier molecular flexibility index (Phi) is 5.42. The topological polar surface area (TPSA) is 44.9 Å². The molecule has 3 heterocycles. The van der Waals surface area contributed by atoms with Crippen LogP contribution < -0.4 is 31.4 Å². The second-order valence-electron chi connectivity index (χ2n) is 7.34. The van der Waals surface area contributed by atoms with Gasteiger partial charge in [0.05, 0.1) is 6.54 Å². The first-order valence-corrected chi connectivity index (χ1v) is 10.2. The van der Waals surface area contributed by atoms with Gasteiger partial charge in [-0.05, 0) is 43.5 Å². The van der Waals surface area contributed by atoms with Crippen molar-refractivity contribution in [1.29, 1.82) is 0 Å². The van der Waals surface area contributed by atoms with E-state index in [0.717, 1.165) is 53.0 Å². The van der Waals surface area contributed by atoms with Crippen LogP contribution in [0, 0.1) is 0 Å². The van der Waals surface area contributed by atoms with Crippen molar-refractivity contribution in [3.05, 3.63) is 52.5 Å². The molecule has 0 saturated heterocycles. The maximum absolute atomic E-state index is 11.9. The number of fused-ring (bicyclic) bond motifs is 1. The molecule has 0 fully saturated rings. The molecule has 0 saturated carbocycles. The molecule has 7 heteroatoms. The molecule has 1 atom stereocenters. The van der Waals surface area contributed by atoms with E-state index in [1.54, 1.807) is 0 Å². The maximum Gasteiger partial charge on any atom is 0.275 e. The average molecular weight is 510 g/mol. The predicted octanol–water partition coefficient (Wildman–Crippen LogP) is 0.832. The minimum absolute atomic E-state index is 0. The van der Waals surface area contributed by atoms with Crippen LogP contribution in [-0.4, -0.2) is 35.4 Å². The molecule has 1 unspecified atom stereocenters. The molecule has 148 valence electrons. The summed E-state index contributed by atoms with van der Waals surface area (Å²) in [6.45, 7) is 1.80. The summed E-state index contributed by atoms with van der Waals surface area (Å²) in [5.74, 6) is 2.68. The first-order chi connectivity index (χ1) is 13.1. The molecule has 3 aliphatic rings. The Morgan fingerprint density at radius 2 is 1.79 bits per heavy atom. The molecule has 0 bridgehead atoms. The molecule has 3 aliphatic heterocycles. The fraction of sp³-hybridized carbons (Fsp3) is 0.381. The minimum Gasteiger partial charge on any atom is -1.00 e. The van der Waals surface area contributed by atoms with E-state index < -0.39 is 5.72 Å². The summed E-state index contributed by atoms with van der Waals surface area (Å²) in [6.07, 6.45) is 4.50. The Bertz CT molecular complexity index is 916. The number of nitrogens with zero attached hydrogens (tertiary/aromatic N) is 2. The summed E-state index contributed by atoms with van der Waals surface area (Å²) in [6, 6.07) is 13.9. The lowest BCUT2D eigenvalue weighted by Gasteiger charge is -2.29. The summed E-state index contributed by atoms with van der Waals surface area (Å²) in [7, 11) is 0. The van der Waals surface area contributed by atoms with E-state index in [2.05, 4.69) is 25.4 Å². The molecule has 0 spiro atoms. The van der Waals surface area contributed by atoms with E-state index in [4.69, 9.17) is 9.47 Å². The van der Waals surface area contributed by atoms with Crippen molar-refractivity contribution in [2.45, 2.75) is 31.4 Å². The Morgan fingerprint density at radius 1 is 1.00 bits per heavy atom. The number of hydrogen-bond acceptors (Lipinski definition) is 4. The number of benzene rings is 2. The van der Waals surface area contributed by atoms with Crippen LogP contribution in [0.5, 0.6) is 11.5 Å². The lowest BCUT2D eigenvalue weighted by molar-refractivity contribution is -0.534. The van der Waals surface area contributed by atoms with E-state index >= 15 is 0 Å². The molecule has 0 amide bonds. The fourth-order valence-corrected chi connectivity index (χ4v) is 4.61. The van der Waals surface area contributed by atoms with Gasteiger partial charge in [0, 0.05) is 22.5 Å². The third kappa shape index (κ3) is 3.23. The highest BCUT2D eigenvalue weighted by Crippen LogP contribution is 2.42. The van der Waals surface area contributed by atoms with Crippen LogP contribution in [0.4, 0.5) is 5.69 Å². The zero-order chi connectivity index (χ0) is 18.4. The minimum atomic E-state index is -1.11. The SMILES string of the molecule is OC1(c2ccc(Br)cc2)C[N+]2=C(CCCCC2)N1c1ccc2c(c1)OCO2.[Br-]. The van der Waals surface area contributed by atoms with Gasteiger partial charge in [0.25, 0.3) is 11.6 Å². The average Bonchev–Trinajstić information content (AvgIpc) is 3.17. The molecule has 1 N–H and O–H groups in total. The van der Waals surface area contributed by atoms with Crippen molar-refractivity contribution in [1.82, 2.24) is 0 Å². The Balaban J connectivity index is 0.00000192. The highest BCUT2D eigenvalue weighted by Gasteiger charge is 2.54. The number of rotatable bonds is 2. The van der Waals surface area contributed by atoms with Crippen molar-refractivity contribution in [3.63, 3.8) is 0 Å². The largest absolute Gasteiger partial charge is 1.00 e. The lowest BCUT2D eigenvalue weighted by atomic mass is 10.00.